The van der Waals surface area contributed by atoms with Crippen LogP contribution in [0.4, 0.5) is 0 Å². The summed E-state index contributed by atoms with van der Waals surface area (Å²) in [7, 11) is 0. The van der Waals surface area contributed by atoms with Crippen molar-refractivity contribution in [3.63, 3.8) is 0 Å². The van der Waals surface area contributed by atoms with E-state index in [0.717, 1.165) is 18.6 Å². The van der Waals surface area contributed by atoms with Crippen LogP contribution in [0.5, 0.6) is 5.75 Å². The van der Waals surface area contributed by atoms with Crippen LogP contribution in [0.1, 0.15) is 17.9 Å². The van der Waals surface area contributed by atoms with E-state index in [4.69, 9.17) is 10.5 Å². The zero-order chi connectivity index (χ0) is 9.97. The van der Waals surface area contributed by atoms with Gasteiger partial charge >= 0.3 is 0 Å². The number of benzene rings is 1. The van der Waals surface area contributed by atoms with Gasteiger partial charge in [0.25, 0.3) is 0 Å². The molecule has 2 rings (SSSR count). The van der Waals surface area contributed by atoms with Gasteiger partial charge in [-0.3, -0.25) is 0 Å². The van der Waals surface area contributed by atoms with Gasteiger partial charge in [-0.1, -0.05) is 18.2 Å². The van der Waals surface area contributed by atoms with Crippen molar-refractivity contribution in [1.82, 2.24) is 0 Å². The Morgan fingerprint density at radius 3 is 2.86 bits per heavy atom. The standard InChI is InChI=1S/C11H15NO2/c12-10-5-6-14-7-9(10)8-3-1-2-4-11(8)13/h1-4,9-10,13H,5-7,12H2. The largest absolute Gasteiger partial charge is 0.508 e. The molecule has 3 N–H and O–H groups in total. The number of para-hydroxylation sites is 1. The Morgan fingerprint density at radius 2 is 2.14 bits per heavy atom. The van der Waals surface area contributed by atoms with Crippen LogP contribution < -0.4 is 5.73 Å². The fourth-order valence-corrected chi connectivity index (χ4v) is 1.88. The second-order valence-electron chi connectivity index (χ2n) is 3.69. The monoisotopic (exact) mass is 193 g/mol. The van der Waals surface area contributed by atoms with Crippen molar-refractivity contribution in [3.05, 3.63) is 29.8 Å². The normalized spacial score (nSPS) is 27.5. The van der Waals surface area contributed by atoms with Gasteiger partial charge in [0.15, 0.2) is 0 Å². The van der Waals surface area contributed by atoms with Crippen LogP contribution in [0.15, 0.2) is 24.3 Å². The zero-order valence-corrected chi connectivity index (χ0v) is 8.02. The van der Waals surface area contributed by atoms with Gasteiger partial charge in [0.05, 0.1) is 6.61 Å². The fraction of sp³-hybridized carbons (Fsp3) is 0.455. The molecule has 0 spiro atoms. The van der Waals surface area contributed by atoms with Crippen LogP contribution in [0.25, 0.3) is 0 Å². The third kappa shape index (κ3) is 1.74. The molecule has 0 amide bonds. The maximum Gasteiger partial charge on any atom is 0.119 e. The van der Waals surface area contributed by atoms with Gasteiger partial charge in [0.1, 0.15) is 5.75 Å². The molecule has 3 heteroatoms. The topological polar surface area (TPSA) is 55.5 Å². The quantitative estimate of drug-likeness (QED) is 0.705. The van der Waals surface area contributed by atoms with E-state index in [1.165, 1.54) is 0 Å². The molecule has 3 nitrogen and oxygen atoms in total. The van der Waals surface area contributed by atoms with Gasteiger partial charge in [0.2, 0.25) is 0 Å². The maximum absolute atomic E-state index is 9.67. The molecule has 1 fully saturated rings. The van der Waals surface area contributed by atoms with Crippen molar-refractivity contribution in [2.45, 2.75) is 18.4 Å². The van der Waals surface area contributed by atoms with Crippen molar-refractivity contribution in [2.24, 2.45) is 5.73 Å². The molecule has 76 valence electrons. The number of phenols is 1. The van der Waals surface area contributed by atoms with E-state index in [2.05, 4.69) is 0 Å². The summed E-state index contributed by atoms with van der Waals surface area (Å²) in [6.45, 7) is 1.34. The van der Waals surface area contributed by atoms with Crippen LogP contribution in [0.2, 0.25) is 0 Å². The van der Waals surface area contributed by atoms with Gasteiger partial charge in [-0.25, -0.2) is 0 Å². The molecule has 0 aromatic heterocycles. The highest BCUT2D eigenvalue weighted by Gasteiger charge is 2.25. The molecular formula is C11H15NO2. The lowest BCUT2D eigenvalue weighted by Gasteiger charge is -2.29. The summed E-state index contributed by atoms with van der Waals surface area (Å²) in [5, 5.41) is 9.67. The predicted octanol–water partition coefficient (Wildman–Crippen LogP) is 1.22. The first-order chi connectivity index (χ1) is 6.79. The minimum atomic E-state index is 0.0945. The van der Waals surface area contributed by atoms with Crippen LogP contribution in [0.3, 0.4) is 0 Å². The summed E-state index contributed by atoms with van der Waals surface area (Å²) < 4.78 is 5.37. The molecule has 0 bridgehead atoms. The SMILES string of the molecule is NC1CCOCC1c1ccccc1O. The highest BCUT2D eigenvalue weighted by Crippen LogP contribution is 2.30. The first kappa shape index (κ1) is 9.49. The van der Waals surface area contributed by atoms with Gasteiger partial charge in [-0.15, -0.1) is 0 Å². The summed E-state index contributed by atoms with van der Waals surface area (Å²) in [6.07, 6.45) is 0.860. The summed E-state index contributed by atoms with van der Waals surface area (Å²) in [5.74, 6) is 0.448. The zero-order valence-electron chi connectivity index (χ0n) is 8.02. The average Bonchev–Trinajstić information content (AvgIpc) is 2.20. The molecule has 0 aliphatic carbocycles. The Balaban J connectivity index is 2.25. The minimum Gasteiger partial charge on any atom is -0.508 e. The third-order valence-corrected chi connectivity index (χ3v) is 2.75. The van der Waals surface area contributed by atoms with Crippen molar-refractivity contribution < 1.29 is 9.84 Å². The molecule has 1 aliphatic heterocycles. The molecule has 14 heavy (non-hydrogen) atoms. The number of rotatable bonds is 1. The van der Waals surface area contributed by atoms with Crippen LogP contribution in [-0.2, 0) is 4.74 Å². The summed E-state index contributed by atoms with van der Waals surface area (Å²) in [4.78, 5) is 0. The Morgan fingerprint density at radius 1 is 1.36 bits per heavy atom. The van der Waals surface area contributed by atoms with Gasteiger partial charge in [0, 0.05) is 24.1 Å². The van der Waals surface area contributed by atoms with Gasteiger partial charge in [-0.05, 0) is 12.5 Å². The van der Waals surface area contributed by atoms with E-state index in [9.17, 15) is 5.11 Å². The third-order valence-electron chi connectivity index (χ3n) is 2.75. The molecule has 1 saturated heterocycles. The Labute approximate surface area is 83.5 Å². The summed E-state index contributed by atoms with van der Waals surface area (Å²) in [5.41, 5.74) is 6.89. The van der Waals surface area contributed by atoms with Gasteiger partial charge in [-0.2, -0.15) is 0 Å². The number of hydrogen-bond acceptors (Lipinski definition) is 3. The lowest BCUT2D eigenvalue weighted by Crippen LogP contribution is -2.36. The Hall–Kier alpha value is -1.06. The molecule has 0 saturated carbocycles. The first-order valence-electron chi connectivity index (χ1n) is 4.90. The maximum atomic E-state index is 9.67. The number of aromatic hydroxyl groups is 1. The van der Waals surface area contributed by atoms with Crippen LogP contribution >= 0.6 is 0 Å². The lowest BCUT2D eigenvalue weighted by molar-refractivity contribution is 0.0684. The molecular weight excluding hydrogens is 178 g/mol. The number of ether oxygens (including phenoxy) is 1. The van der Waals surface area contributed by atoms with Crippen molar-refractivity contribution in [3.8, 4) is 5.75 Å². The van der Waals surface area contributed by atoms with E-state index in [-0.39, 0.29) is 12.0 Å². The first-order valence-corrected chi connectivity index (χ1v) is 4.90. The molecule has 1 aromatic carbocycles. The predicted molar refractivity (Wildman–Crippen MR) is 54.3 cm³/mol. The smallest absolute Gasteiger partial charge is 0.119 e. The number of nitrogens with two attached hydrogens (primary N) is 1. The highest BCUT2D eigenvalue weighted by atomic mass is 16.5. The van der Waals surface area contributed by atoms with Crippen molar-refractivity contribution in [2.75, 3.05) is 13.2 Å². The van der Waals surface area contributed by atoms with Crippen molar-refractivity contribution >= 4 is 0 Å². The molecule has 1 aromatic rings. The molecule has 2 atom stereocenters. The second kappa shape index (κ2) is 3.98. The lowest BCUT2D eigenvalue weighted by atomic mass is 9.89. The van der Waals surface area contributed by atoms with E-state index in [0.29, 0.717) is 12.4 Å². The summed E-state index contributed by atoms with van der Waals surface area (Å²) >= 11 is 0. The molecule has 1 aliphatic rings. The van der Waals surface area contributed by atoms with E-state index < -0.39 is 0 Å². The average molecular weight is 193 g/mol. The van der Waals surface area contributed by atoms with Crippen LogP contribution in [0, 0.1) is 0 Å². The summed E-state index contributed by atoms with van der Waals surface area (Å²) in [6, 6.07) is 7.42. The molecule has 2 unspecified atom stereocenters. The number of hydrogen-bond donors (Lipinski definition) is 2. The van der Waals surface area contributed by atoms with Crippen LogP contribution in [-0.4, -0.2) is 24.4 Å². The minimum absolute atomic E-state index is 0.0945. The number of phenolic OH excluding ortho intramolecular Hbond substituents is 1. The Bertz CT molecular complexity index is 314. The fourth-order valence-electron chi connectivity index (χ4n) is 1.88. The molecule has 1 heterocycles. The highest BCUT2D eigenvalue weighted by molar-refractivity contribution is 5.36. The van der Waals surface area contributed by atoms with E-state index in [1.54, 1.807) is 6.07 Å². The van der Waals surface area contributed by atoms with E-state index >= 15 is 0 Å². The van der Waals surface area contributed by atoms with Gasteiger partial charge < -0.3 is 15.6 Å². The second-order valence-corrected chi connectivity index (χ2v) is 3.69. The van der Waals surface area contributed by atoms with E-state index in [1.807, 2.05) is 18.2 Å². The Kier molecular flexibility index (Phi) is 2.70. The van der Waals surface area contributed by atoms with Crippen molar-refractivity contribution in [1.29, 1.82) is 0 Å². The molecule has 0 radical (unpaired) electrons.